The third-order valence-corrected chi connectivity index (χ3v) is 6.78. The quantitative estimate of drug-likeness (QED) is 0.283. The Labute approximate surface area is 176 Å². The molecule has 0 aromatic heterocycles. The molecule has 2 aliphatic rings. The first-order chi connectivity index (χ1) is 11.9. The van der Waals surface area contributed by atoms with Crippen molar-refractivity contribution in [1.29, 1.82) is 0 Å². The van der Waals surface area contributed by atoms with Crippen molar-refractivity contribution >= 4 is 40.0 Å². The summed E-state index contributed by atoms with van der Waals surface area (Å²) in [5.74, 6) is 1.38. The van der Waals surface area contributed by atoms with Gasteiger partial charge in [0.05, 0.1) is 5.75 Å². The van der Waals surface area contributed by atoms with E-state index in [9.17, 15) is 8.42 Å². The molecule has 26 heavy (non-hydrogen) atoms. The Kier molecular flexibility index (Phi) is 10.7. The highest BCUT2D eigenvalue weighted by molar-refractivity contribution is 14.0. The Hall–Kier alpha value is -0.130. The van der Waals surface area contributed by atoms with Gasteiger partial charge in [0.25, 0.3) is 0 Å². The zero-order valence-electron chi connectivity index (χ0n) is 16.4. The van der Waals surface area contributed by atoms with Gasteiger partial charge in [-0.1, -0.05) is 13.3 Å². The highest BCUT2D eigenvalue weighted by atomic mass is 127. The SMILES string of the molecule is CCN1CCCC1CN(C)C(=NC)NCCS(=O)(=O)NCC1CCC1.I. The van der Waals surface area contributed by atoms with Gasteiger partial charge < -0.3 is 10.2 Å². The van der Waals surface area contributed by atoms with Gasteiger partial charge >= 0.3 is 0 Å². The van der Waals surface area contributed by atoms with E-state index in [2.05, 4.69) is 31.8 Å². The standard InChI is InChI=1S/C17H35N5O2S.HI/c1-4-22-11-6-9-16(22)14-21(3)17(18-2)19-10-12-25(23,24)20-13-15-7-5-8-15;/h15-16,20H,4-14H2,1-3H3,(H,18,19);1H. The maximum atomic E-state index is 12.1. The van der Waals surface area contributed by atoms with Gasteiger partial charge in [-0.3, -0.25) is 9.89 Å². The average molecular weight is 501 g/mol. The number of aliphatic imine (C=N–C) groups is 1. The van der Waals surface area contributed by atoms with Crippen molar-refractivity contribution < 1.29 is 8.42 Å². The van der Waals surface area contributed by atoms with Crippen LogP contribution in [-0.4, -0.2) is 82.8 Å². The van der Waals surface area contributed by atoms with Crippen LogP contribution in [0.2, 0.25) is 0 Å². The van der Waals surface area contributed by atoms with Gasteiger partial charge in [0, 0.05) is 39.8 Å². The summed E-state index contributed by atoms with van der Waals surface area (Å²) in [5.41, 5.74) is 0. The number of hydrogen-bond acceptors (Lipinski definition) is 4. The number of sulfonamides is 1. The lowest BCUT2D eigenvalue weighted by Gasteiger charge is -2.29. The van der Waals surface area contributed by atoms with Crippen LogP contribution >= 0.6 is 24.0 Å². The van der Waals surface area contributed by atoms with Crippen molar-refractivity contribution in [2.75, 3.05) is 52.6 Å². The fourth-order valence-corrected chi connectivity index (χ4v) is 4.62. The molecule has 154 valence electrons. The maximum absolute atomic E-state index is 12.1. The molecule has 9 heteroatoms. The zero-order valence-corrected chi connectivity index (χ0v) is 19.6. The topological polar surface area (TPSA) is 77.0 Å². The molecule has 7 nitrogen and oxygen atoms in total. The van der Waals surface area contributed by atoms with E-state index in [0.717, 1.165) is 31.9 Å². The van der Waals surface area contributed by atoms with E-state index in [1.165, 1.54) is 25.8 Å². The van der Waals surface area contributed by atoms with E-state index < -0.39 is 10.0 Å². The van der Waals surface area contributed by atoms with Gasteiger partial charge in [0.1, 0.15) is 0 Å². The highest BCUT2D eigenvalue weighted by Gasteiger charge is 2.25. The molecule has 0 radical (unpaired) electrons. The van der Waals surface area contributed by atoms with Gasteiger partial charge in [0.2, 0.25) is 10.0 Å². The summed E-state index contributed by atoms with van der Waals surface area (Å²) in [5, 5.41) is 3.19. The minimum absolute atomic E-state index is 0. The first kappa shape index (κ1) is 23.9. The van der Waals surface area contributed by atoms with Gasteiger partial charge in [-0.05, 0) is 44.7 Å². The lowest BCUT2D eigenvalue weighted by Crippen LogP contribution is -2.47. The molecule has 0 bridgehead atoms. The second kappa shape index (κ2) is 11.7. The van der Waals surface area contributed by atoms with Gasteiger partial charge in [-0.2, -0.15) is 0 Å². The smallest absolute Gasteiger partial charge is 0.213 e. The highest BCUT2D eigenvalue weighted by Crippen LogP contribution is 2.25. The van der Waals surface area contributed by atoms with Crippen molar-refractivity contribution in [1.82, 2.24) is 19.8 Å². The molecule has 1 aliphatic carbocycles. The van der Waals surface area contributed by atoms with E-state index in [1.54, 1.807) is 7.05 Å². The molecule has 1 saturated carbocycles. The van der Waals surface area contributed by atoms with Crippen molar-refractivity contribution in [3.63, 3.8) is 0 Å². The van der Waals surface area contributed by atoms with Crippen molar-refractivity contribution in [3.05, 3.63) is 0 Å². The second-order valence-corrected chi connectivity index (χ2v) is 9.17. The second-order valence-electron chi connectivity index (χ2n) is 7.24. The van der Waals surface area contributed by atoms with E-state index in [-0.39, 0.29) is 29.7 Å². The molecule has 2 N–H and O–H groups in total. The molecule has 0 aromatic rings. The van der Waals surface area contributed by atoms with E-state index >= 15 is 0 Å². The van der Waals surface area contributed by atoms with Crippen LogP contribution in [0.25, 0.3) is 0 Å². The van der Waals surface area contributed by atoms with Crippen LogP contribution in [0.1, 0.15) is 39.0 Å². The summed E-state index contributed by atoms with van der Waals surface area (Å²) in [6.45, 7) is 6.33. The van der Waals surface area contributed by atoms with Crippen molar-refractivity contribution in [3.8, 4) is 0 Å². The minimum Gasteiger partial charge on any atom is -0.355 e. The fraction of sp³-hybridized carbons (Fsp3) is 0.941. The lowest BCUT2D eigenvalue weighted by molar-refractivity contribution is 0.233. The normalized spacial score (nSPS) is 22.0. The predicted molar refractivity (Wildman–Crippen MR) is 119 cm³/mol. The number of likely N-dealkylation sites (N-methyl/N-ethyl adjacent to an activating group) is 2. The Bertz CT molecular complexity index is 539. The first-order valence-electron chi connectivity index (χ1n) is 9.58. The molecule has 1 unspecified atom stereocenters. The lowest BCUT2D eigenvalue weighted by atomic mass is 9.86. The predicted octanol–water partition coefficient (Wildman–Crippen LogP) is 1.32. The summed E-state index contributed by atoms with van der Waals surface area (Å²) in [7, 11) is 0.551. The number of likely N-dealkylation sites (tertiary alicyclic amines) is 1. The minimum atomic E-state index is -3.21. The molecular formula is C17H36IN5O2S. The van der Waals surface area contributed by atoms with E-state index in [4.69, 9.17) is 0 Å². The molecule has 0 aromatic carbocycles. The van der Waals surface area contributed by atoms with Crippen molar-refractivity contribution in [2.24, 2.45) is 10.9 Å². The summed E-state index contributed by atoms with van der Waals surface area (Å²) in [6.07, 6.45) is 5.99. The Morgan fingerprint density at radius 1 is 1.27 bits per heavy atom. The van der Waals surface area contributed by atoms with Crippen molar-refractivity contribution in [2.45, 2.75) is 45.1 Å². The molecule has 2 rings (SSSR count). The molecule has 2 fully saturated rings. The molecule has 0 spiro atoms. The molecule has 1 atom stereocenters. The summed E-state index contributed by atoms with van der Waals surface area (Å²) < 4.78 is 26.9. The Balaban J connectivity index is 0.00000338. The molecule has 0 amide bonds. The van der Waals surface area contributed by atoms with Crippen LogP contribution in [0.15, 0.2) is 4.99 Å². The average Bonchev–Trinajstić information content (AvgIpc) is 2.96. The third kappa shape index (κ3) is 7.47. The Morgan fingerprint density at radius 3 is 2.58 bits per heavy atom. The summed E-state index contributed by atoms with van der Waals surface area (Å²) in [4.78, 5) is 8.90. The number of hydrogen-bond donors (Lipinski definition) is 2. The van der Waals surface area contributed by atoms with E-state index in [0.29, 0.717) is 25.0 Å². The van der Waals surface area contributed by atoms with Gasteiger partial charge in [-0.25, -0.2) is 13.1 Å². The summed E-state index contributed by atoms with van der Waals surface area (Å²) >= 11 is 0. The van der Waals surface area contributed by atoms with Crippen LogP contribution < -0.4 is 10.0 Å². The van der Waals surface area contributed by atoms with Gasteiger partial charge in [0.15, 0.2) is 5.96 Å². The first-order valence-corrected chi connectivity index (χ1v) is 11.2. The number of rotatable bonds is 9. The molecular weight excluding hydrogens is 465 g/mol. The Morgan fingerprint density at radius 2 is 2.00 bits per heavy atom. The summed E-state index contributed by atoms with van der Waals surface area (Å²) in [6, 6.07) is 0.557. The molecule has 1 saturated heterocycles. The van der Waals surface area contributed by atoms with Gasteiger partial charge in [-0.15, -0.1) is 24.0 Å². The molecule has 1 aliphatic heterocycles. The number of nitrogens with zero attached hydrogens (tertiary/aromatic N) is 3. The number of nitrogens with one attached hydrogen (secondary N) is 2. The maximum Gasteiger partial charge on any atom is 0.213 e. The van der Waals surface area contributed by atoms with Crippen LogP contribution in [0.4, 0.5) is 0 Å². The number of halogens is 1. The third-order valence-electron chi connectivity index (χ3n) is 5.43. The van der Waals surface area contributed by atoms with Crippen LogP contribution in [0.5, 0.6) is 0 Å². The van der Waals surface area contributed by atoms with Crippen LogP contribution in [0.3, 0.4) is 0 Å². The molecule has 1 heterocycles. The largest absolute Gasteiger partial charge is 0.355 e. The number of guanidine groups is 1. The van der Waals surface area contributed by atoms with Crippen LogP contribution in [-0.2, 0) is 10.0 Å². The monoisotopic (exact) mass is 501 g/mol. The zero-order chi connectivity index (χ0) is 18.3. The fourth-order valence-electron chi connectivity index (χ4n) is 3.62. The van der Waals surface area contributed by atoms with Crippen LogP contribution in [0, 0.1) is 5.92 Å². The van der Waals surface area contributed by atoms with E-state index in [1.807, 2.05) is 7.05 Å².